The van der Waals surface area contributed by atoms with E-state index < -0.39 is 0 Å². The minimum Gasteiger partial charge on any atom is -0.411 e. The molecule has 0 amide bonds. The lowest BCUT2D eigenvalue weighted by atomic mass is 9.45. The molecule has 13 heavy (non-hydrogen) atoms. The third-order valence-corrected chi connectivity index (χ3v) is 3.47. The van der Waals surface area contributed by atoms with Crippen molar-refractivity contribution in [3.05, 3.63) is 0 Å². The van der Waals surface area contributed by atoms with Crippen LogP contribution in [0.15, 0.2) is 5.16 Å². The van der Waals surface area contributed by atoms with Crippen molar-refractivity contribution in [3.8, 4) is 0 Å². The SMILES string of the molecule is OCC1(CO)CC2(CC(=NO)C2)C1. The molecule has 0 heterocycles. The Morgan fingerprint density at radius 3 is 2.08 bits per heavy atom. The zero-order valence-electron chi connectivity index (χ0n) is 7.53. The maximum Gasteiger partial charge on any atom is 0.0582 e. The molecule has 2 rings (SSSR count). The molecule has 2 aliphatic rings. The Bertz CT molecular complexity index is 227. The summed E-state index contributed by atoms with van der Waals surface area (Å²) < 4.78 is 0. The summed E-state index contributed by atoms with van der Waals surface area (Å²) in [5.74, 6) is 0. The van der Waals surface area contributed by atoms with E-state index in [4.69, 9.17) is 15.4 Å². The second kappa shape index (κ2) is 2.69. The minimum atomic E-state index is -0.249. The van der Waals surface area contributed by atoms with Crippen LogP contribution in [0.5, 0.6) is 0 Å². The van der Waals surface area contributed by atoms with Crippen LogP contribution in [-0.4, -0.2) is 34.3 Å². The summed E-state index contributed by atoms with van der Waals surface area (Å²) in [4.78, 5) is 0. The van der Waals surface area contributed by atoms with Crippen molar-refractivity contribution in [2.45, 2.75) is 25.7 Å². The lowest BCUT2D eigenvalue weighted by molar-refractivity contribution is -0.112. The lowest BCUT2D eigenvalue weighted by Crippen LogP contribution is -2.57. The summed E-state index contributed by atoms with van der Waals surface area (Å²) in [7, 11) is 0. The zero-order chi connectivity index (χ0) is 9.53. The largest absolute Gasteiger partial charge is 0.411 e. The average molecular weight is 185 g/mol. The molecule has 2 aliphatic carbocycles. The van der Waals surface area contributed by atoms with E-state index >= 15 is 0 Å². The number of aliphatic hydroxyl groups excluding tert-OH is 2. The van der Waals surface area contributed by atoms with Gasteiger partial charge in [-0.15, -0.1) is 0 Å². The van der Waals surface area contributed by atoms with Gasteiger partial charge in [0.25, 0.3) is 0 Å². The van der Waals surface area contributed by atoms with Crippen molar-refractivity contribution >= 4 is 5.71 Å². The second-order valence-corrected chi connectivity index (χ2v) is 4.69. The fourth-order valence-electron chi connectivity index (χ4n) is 2.95. The standard InChI is InChI=1S/C9H15NO3/c11-5-9(6-12)3-8(4-9)1-7(2-8)10-13/h11-13H,1-6H2. The summed E-state index contributed by atoms with van der Waals surface area (Å²) in [6.07, 6.45) is 3.41. The highest BCUT2D eigenvalue weighted by molar-refractivity contribution is 5.91. The summed E-state index contributed by atoms with van der Waals surface area (Å²) >= 11 is 0. The van der Waals surface area contributed by atoms with Gasteiger partial charge in [0.15, 0.2) is 0 Å². The molecule has 2 fully saturated rings. The summed E-state index contributed by atoms with van der Waals surface area (Å²) in [6.45, 7) is 0.133. The molecule has 0 aliphatic heterocycles. The highest BCUT2D eigenvalue weighted by Gasteiger charge is 2.58. The van der Waals surface area contributed by atoms with E-state index in [2.05, 4.69) is 5.16 Å². The first kappa shape index (κ1) is 8.97. The number of hydrogen-bond acceptors (Lipinski definition) is 4. The van der Waals surface area contributed by atoms with Gasteiger partial charge >= 0.3 is 0 Å². The van der Waals surface area contributed by atoms with Crippen LogP contribution < -0.4 is 0 Å². The Morgan fingerprint density at radius 1 is 1.15 bits per heavy atom. The summed E-state index contributed by atoms with van der Waals surface area (Å²) in [5.41, 5.74) is 0.845. The third-order valence-electron chi connectivity index (χ3n) is 3.47. The summed E-state index contributed by atoms with van der Waals surface area (Å²) in [6, 6.07) is 0. The Morgan fingerprint density at radius 2 is 1.69 bits per heavy atom. The van der Waals surface area contributed by atoms with Crippen LogP contribution in [0.2, 0.25) is 0 Å². The number of hydrogen-bond donors (Lipinski definition) is 3. The van der Waals surface area contributed by atoms with Crippen LogP contribution in [0.1, 0.15) is 25.7 Å². The molecule has 0 aromatic rings. The molecule has 2 saturated carbocycles. The molecule has 74 valence electrons. The number of oxime groups is 1. The molecule has 0 radical (unpaired) electrons. The second-order valence-electron chi connectivity index (χ2n) is 4.69. The molecule has 0 atom stereocenters. The molecule has 0 unspecified atom stereocenters. The van der Waals surface area contributed by atoms with Gasteiger partial charge in [-0.25, -0.2) is 0 Å². The van der Waals surface area contributed by atoms with E-state index in [1.807, 2.05) is 0 Å². The third kappa shape index (κ3) is 1.16. The molecule has 0 aromatic carbocycles. The van der Waals surface area contributed by atoms with E-state index in [-0.39, 0.29) is 24.0 Å². The van der Waals surface area contributed by atoms with Crippen molar-refractivity contribution < 1.29 is 15.4 Å². The molecule has 3 N–H and O–H groups in total. The smallest absolute Gasteiger partial charge is 0.0582 e. The fraction of sp³-hybridized carbons (Fsp3) is 0.889. The van der Waals surface area contributed by atoms with Crippen molar-refractivity contribution in [3.63, 3.8) is 0 Å². The van der Waals surface area contributed by atoms with Gasteiger partial charge in [-0.2, -0.15) is 0 Å². The van der Waals surface area contributed by atoms with Crippen LogP contribution in [-0.2, 0) is 0 Å². The van der Waals surface area contributed by atoms with Gasteiger partial charge < -0.3 is 15.4 Å². The first-order valence-corrected chi connectivity index (χ1v) is 4.59. The van der Waals surface area contributed by atoms with Crippen molar-refractivity contribution in [2.24, 2.45) is 16.0 Å². The molecule has 4 heteroatoms. The minimum absolute atomic E-state index is 0.0663. The van der Waals surface area contributed by atoms with E-state index in [1.54, 1.807) is 0 Å². The highest BCUT2D eigenvalue weighted by Crippen LogP contribution is 2.62. The molecule has 0 aromatic heterocycles. The van der Waals surface area contributed by atoms with E-state index in [0.29, 0.717) is 0 Å². The van der Waals surface area contributed by atoms with Gasteiger partial charge in [0.2, 0.25) is 0 Å². The fourth-order valence-corrected chi connectivity index (χ4v) is 2.95. The van der Waals surface area contributed by atoms with E-state index in [0.717, 1.165) is 31.4 Å². The Balaban J connectivity index is 1.91. The quantitative estimate of drug-likeness (QED) is 0.429. The first-order valence-electron chi connectivity index (χ1n) is 4.59. The van der Waals surface area contributed by atoms with Gasteiger partial charge in [-0.3, -0.25) is 0 Å². The van der Waals surface area contributed by atoms with Crippen molar-refractivity contribution in [2.75, 3.05) is 13.2 Å². The topological polar surface area (TPSA) is 73.0 Å². The normalized spacial score (nSPS) is 28.0. The van der Waals surface area contributed by atoms with Crippen LogP contribution in [0.3, 0.4) is 0 Å². The van der Waals surface area contributed by atoms with Crippen LogP contribution in [0.25, 0.3) is 0 Å². The molecular formula is C9H15NO3. The number of rotatable bonds is 2. The van der Waals surface area contributed by atoms with Crippen LogP contribution in [0.4, 0.5) is 0 Å². The van der Waals surface area contributed by atoms with Crippen LogP contribution >= 0.6 is 0 Å². The Labute approximate surface area is 76.9 Å². The van der Waals surface area contributed by atoms with Crippen molar-refractivity contribution in [1.29, 1.82) is 0 Å². The number of aliphatic hydroxyl groups is 2. The van der Waals surface area contributed by atoms with E-state index in [9.17, 15) is 0 Å². The summed E-state index contributed by atoms with van der Waals surface area (Å²) in [5, 5.41) is 29.8. The van der Waals surface area contributed by atoms with Gasteiger partial charge in [0.1, 0.15) is 0 Å². The molecular weight excluding hydrogens is 170 g/mol. The molecule has 1 spiro atoms. The first-order chi connectivity index (χ1) is 6.17. The van der Waals surface area contributed by atoms with Crippen molar-refractivity contribution in [1.82, 2.24) is 0 Å². The lowest BCUT2D eigenvalue weighted by Gasteiger charge is -2.59. The van der Waals surface area contributed by atoms with Gasteiger partial charge in [-0.05, 0) is 31.1 Å². The van der Waals surface area contributed by atoms with Crippen LogP contribution in [0, 0.1) is 10.8 Å². The van der Waals surface area contributed by atoms with Gasteiger partial charge in [0.05, 0.1) is 18.9 Å². The number of nitrogens with zero attached hydrogens (tertiary/aromatic N) is 1. The molecule has 4 nitrogen and oxygen atoms in total. The predicted octanol–water partition coefficient (Wildman–Crippen LogP) is 0.362. The maximum absolute atomic E-state index is 9.07. The Hall–Kier alpha value is -0.610. The molecule has 0 saturated heterocycles. The highest BCUT2D eigenvalue weighted by atomic mass is 16.4. The molecule has 0 bridgehead atoms. The monoisotopic (exact) mass is 185 g/mol. The zero-order valence-corrected chi connectivity index (χ0v) is 7.53. The maximum atomic E-state index is 9.07. The predicted molar refractivity (Wildman–Crippen MR) is 46.7 cm³/mol. The average Bonchev–Trinajstić information content (AvgIpc) is 2.02. The van der Waals surface area contributed by atoms with Gasteiger partial charge in [-0.1, -0.05) is 5.16 Å². The Kier molecular flexibility index (Phi) is 1.85. The van der Waals surface area contributed by atoms with E-state index in [1.165, 1.54) is 0 Å². The van der Waals surface area contributed by atoms with Gasteiger partial charge in [0, 0.05) is 5.41 Å².